The lowest BCUT2D eigenvalue weighted by atomic mass is 9.74. The monoisotopic (exact) mass is 283 g/mol. The highest BCUT2D eigenvalue weighted by atomic mass is 16.5. The second-order valence-electron chi connectivity index (χ2n) is 6.58. The van der Waals surface area contributed by atoms with Crippen LogP contribution < -0.4 is 5.32 Å². The van der Waals surface area contributed by atoms with E-state index < -0.39 is 0 Å². The molecule has 0 amide bonds. The van der Waals surface area contributed by atoms with Gasteiger partial charge in [0.2, 0.25) is 0 Å². The Kier molecular flexibility index (Phi) is 6.79. The molecule has 0 aromatic rings. The number of rotatable bonds is 7. The van der Waals surface area contributed by atoms with E-state index in [1.54, 1.807) is 0 Å². The van der Waals surface area contributed by atoms with Gasteiger partial charge >= 0.3 is 0 Å². The summed E-state index contributed by atoms with van der Waals surface area (Å²) < 4.78 is 12.0. The molecule has 2 fully saturated rings. The molecule has 1 spiro atoms. The first kappa shape index (κ1) is 16.3. The molecule has 1 saturated heterocycles. The number of hydrogen-bond donors (Lipinski definition) is 1. The maximum absolute atomic E-state index is 6.22. The first-order valence-corrected chi connectivity index (χ1v) is 8.75. The van der Waals surface area contributed by atoms with Crippen LogP contribution >= 0.6 is 0 Å². The van der Waals surface area contributed by atoms with Gasteiger partial charge in [-0.25, -0.2) is 0 Å². The van der Waals surface area contributed by atoms with Crippen molar-refractivity contribution in [3.8, 4) is 0 Å². The third kappa shape index (κ3) is 4.44. The van der Waals surface area contributed by atoms with E-state index in [1.165, 1.54) is 44.9 Å². The molecule has 1 saturated carbocycles. The molecule has 3 heteroatoms. The zero-order chi connectivity index (χ0) is 14.3. The van der Waals surface area contributed by atoms with Crippen molar-refractivity contribution >= 4 is 0 Å². The molecular formula is C17H33NO2. The topological polar surface area (TPSA) is 30.5 Å². The molecule has 1 aliphatic heterocycles. The normalized spacial score (nSPS) is 27.6. The number of hydrogen-bond acceptors (Lipinski definition) is 3. The Morgan fingerprint density at radius 2 is 2.05 bits per heavy atom. The standard InChI is InChI=1S/C17H33NO2/c1-3-11-19-14-16(18-4-2)15-8-12-20-17(13-15)9-6-5-7-10-17/h15-16,18H,3-14H2,1-2H3. The van der Waals surface area contributed by atoms with Crippen molar-refractivity contribution in [2.24, 2.45) is 5.92 Å². The van der Waals surface area contributed by atoms with Crippen LogP contribution in [0, 0.1) is 5.92 Å². The van der Waals surface area contributed by atoms with E-state index >= 15 is 0 Å². The van der Waals surface area contributed by atoms with Crippen molar-refractivity contribution in [2.75, 3.05) is 26.4 Å². The molecule has 0 bridgehead atoms. The smallest absolute Gasteiger partial charge is 0.0685 e. The average Bonchev–Trinajstić information content (AvgIpc) is 2.47. The number of likely N-dealkylation sites (N-methyl/N-ethyl adjacent to an activating group) is 1. The van der Waals surface area contributed by atoms with E-state index in [9.17, 15) is 0 Å². The Balaban J connectivity index is 1.89. The lowest BCUT2D eigenvalue weighted by molar-refractivity contribution is -0.124. The molecule has 118 valence electrons. The summed E-state index contributed by atoms with van der Waals surface area (Å²) in [6.07, 6.45) is 10.2. The highest BCUT2D eigenvalue weighted by Crippen LogP contribution is 2.41. The summed E-state index contributed by atoms with van der Waals surface area (Å²) in [6.45, 7) is 8.10. The predicted molar refractivity (Wildman–Crippen MR) is 83.1 cm³/mol. The highest BCUT2D eigenvalue weighted by molar-refractivity contribution is 4.93. The van der Waals surface area contributed by atoms with Gasteiger partial charge in [0.15, 0.2) is 0 Å². The van der Waals surface area contributed by atoms with Crippen molar-refractivity contribution in [1.29, 1.82) is 0 Å². The van der Waals surface area contributed by atoms with Gasteiger partial charge < -0.3 is 14.8 Å². The fraction of sp³-hybridized carbons (Fsp3) is 1.00. The van der Waals surface area contributed by atoms with E-state index in [4.69, 9.17) is 9.47 Å². The SMILES string of the molecule is CCCOCC(NCC)C1CCOC2(CCCCC2)C1. The fourth-order valence-corrected chi connectivity index (χ4v) is 3.93. The Bertz CT molecular complexity index is 258. The van der Waals surface area contributed by atoms with Gasteiger partial charge in [0.1, 0.15) is 0 Å². The van der Waals surface area contributed by atoms with Crippen LogP contribution in [0.3, 0.4) is 0 Å². The third-order valence-electron chi connectivity index (χ3n) is 4.98. The molecular weight excluding hydrogens is 250 g/mol. The van der Waals surface area contributed by atoms with E-state index in [1.807, 2.05) is 0 Å². The predicted octanol–water partition coefficient (Wildman–Crippen LogP) is 3.52. The molecule has 1 N–H and O–H groups in total. The maximum atomic E-state index is 6.22. The van der Waals surface area contributed by atoms with Crippen LogP contribution in [-0.4, -0.2) is 38.0 Å². The van der Waals surface area contributed by atoms with E-state index in [2.05, 4.69) is 19.2 Å². The van der Waals surface area contributed by atoms with Gasteiger partial charge in [-0.1, -0.05) is 33.1 Å². The highest BCUT2D eigenvalue weighted by Gasteiger charge is 2.40. The van der Waals surface area contributed by atoms with Crippen LogP contribution in [0.2, 0.25) is 0 Å². The van der Waals surface area contributed by atoms with Crippen molar-refractivity contribution in [1.82, 2.24) is 5.32 Å². The summed E-state index contributed by atoms with van der Waals surface area (Å²) in [5, 5.41) is 3.65. The molecule has 2 atom stereocenters. The Labute approximate surface area is 124 Å². The summed E-state index contributed by atoms with van der Waals surface area (Å²) in [4.78, 5) is 0. The first-order chi connectivity index (χ1) is 9.79. The lowest BCUT2D eigenvalue weighted by Crippen LogP contribution is -2.49. The first-order valence-electron chi connectivity index (χ1n) is 8.75. The van der Waals surface area contributed by atoms with Crippen molar-refractivity contribution in [2.45, 2.75) is 76.9 Å². The van der Waals surface area contributed by atoms with Crippen LogP contribution in [0.15, 0.2) is 0 Å². The quantitative estimate of drug-likeness (QED) is 0.725. The minimum atomic E-state index is 0.208. The Morgan fingerprint density at radius 3 is 2.75 bits per heavy atom. The van der Waals surface area contributed by atoms with E-state index in [0.29, 0.717) is 6.04 Å². The fourth-order valence-electron chi connectivity index (χ4n) is 3.93. The van der Waals surface area contributed by atoms with Gasteiger partial charge in [0.25, 0.3) is 0 Å². The minimum Gasteiger partial charge on any atom is -0.380 e. The van der Waals surface area contributed by atoms with Gasteiger partial charge in [-0.3, -0.25) is 0 Å². The largest absolute Gasteiger partial charge is 0.380 e. The second kappa shape index (κ2) is 8.35. The average molecular weight is 283 g/mol. The van der Waals surface area contributed by atoms with Gasteiger partial charge in [0.05, 0.1) is 12.2 Å². The summed E-state index contributed by atoms with van der Waals surface area (Å²) in [5.74, 6) is 0.721. The van der Waals surface area contributed by atoms with Crippen LogP contribution in [0.25, 0.3) is 0 Å². The van der Waals surface area contributed by atoms with Crippen molar-refractivity contribution in [3.05, 3.63) is 0 Å². The van der Waals surface area contributed by atoms with Gasteiger partial charge in [-0.2, -0.15) is 0 Å². The molecule has 2 rings (SSSR count). The molecule has 3 nitrogen and oxygen atoms in total. The molecule has 0 aromatic carbocycles. The molecule has 0 radical (unpaired) electrons. The molecule has 1 aliphatic carbocycles. The minimum absolute atomic E-state index is 0.208. The number of ether oxygens (including phenoxy) is 2. The summed E-state index contributed by atoms with van der Waals surface area (Å²) in [5.41, 5.74) is 0.208. The molecule has 0 aromatic heterocycles. The van der Waals surface area contributed by atoms with Gasteiger partial charge in [-0.05, 0) is 44.6 Å². The molecule has 1 heterocycles. The number of nitrogens with one attached hydrogen (secondary N) is 1. The van der Waals surface area contributed by atoms with Gasteiger partial charge in [-0.15, -0.1) is 0 Å². The third-order valence-corrected chi connectivity index (χ3v) is 4.98. The molecule has 2 aliphatic rings. The molecule has 2 unspecified atom stereocenters. The summed E-state index contributed by atoms with van der Waals surface area (Å²) in [7, 11) is 0. The molecule has 20 heavy (non-hydrogen) atoms. The maximum Gasteiger partial charge on any atom is 0.0685 e. The Morgan fingerprint density at radius 1 is 1.25 bits per heavy atom. The summed E-state index contributed by atoms with van der Waals surface area (Å²) in [6, 6.07) is 0.509. The Hall–Kier alpha value is -0.120. The lowest BCUT2D eigenvalue weighted by Gasteiger charge is -2.45. The van der Waals surface area contributed by atoms with Crippen molar-refractivity contribution in [3.63, 3.8) is 0 Å². The van der Waals surface area contributed by atoms with Crippen LogP contribution in [0.4, 0.5) is 0 Å². The summed E-state index contributed by atoms with van der Waals surface area (Å²) >= 11 is 0. The van der Waals surface area contributed by atoms with Crippen LogP contribution in [0.1, 0.15) is 65.2 Å². The zero-order valence-electron chi connectivity index (χ0n) is 13.5. The van der Waals surface area contributed by atoms with Crippen LogP contribution in [-0.2, 0) is 9.47 Å². The van der Waals surface area contributed by atoms with Gasteiger partial charge in [0, 0.05) is 19.3 Å². The van der Waals surface area contributed by atoms with Crippen molar-refractivity contribution < 1.29 is 9.47 Å². The van der Waals surface area contributed by atoms with Crippen LogP contribution in [0.5, 0.6) is 0 Å². The van der Waals surface area contributed by atoms with E-state index in [-0.39, 0.29) is 5.60 Å². The van der Waals surface area contributed by atoms with E-state index in [0.717, 1.165) is 38.7 Å². The second-order valence-corrected chi connectivity index (χ2v) is 6.58. The zero-order valence-corrected chi connectivity index (χ0v) is 13.5.